The Labute approximate surface area is 150 Å². The zero-order valence-corrected chi connectivity index (χ0v) is 14.1. The van der Waals surface area contributed by atoms with Gasteiger partial charge in [0.25, 0.3) is 11.7 Å². The summed E-state index contributed by atoms with van der Waals surface area (Å²) in [7, 11) is 0. The molecule has 0 N–H and O–H groups in total. The van der Waals surface area contributed by atoms with Gasteiger partial charge in [0.05, 0.1) is 17.3 Å². The number of rotatable bonds is 3. The van der Waals surface area contributed by atoms with Crippen molar-refractivity contribution >= 4 is 17.4 Å². The Kier molecular flexibility index (Phi) is 3.88. The van der Waals surface area contributed by atoms with Crippen LogP contribution >= 0.6 is 0 Å². The Morgan fingerprint density at radius 2 is 1.35 bits per heavy atom. The molecule has 1 aliphatic rings. The lowest BCUT2D eigenvalue weighted by Gasteiger charge is -2.30. The number of anilines is 1. The van der Waals surface area contributed by atoms with E-state index in [0.717, 1.165) is 11.1 Å². The van der Waals surface area contributed by atoms with Gasteiger partial charge in [-0.25, -0.2) is 4.39 Å². The molecule has 0 saturated heterocycles. The van der Waals surface area contributed by atoms with Gasteiger partial charge in [0.1, 0.15) is 5.82 Å². The molecule has 26 heavy (non-hydrogen) atoms. The van der Waals surface area contributed by atoms with Gasteiger partial charge in [-0.05, 0) is 29.7 Å². The number of halogens is 1. The second-order valence-corrected chi connectivity index (χ2v) is 6.32. The van der Waals surface area contributed by atoms with Crippen molar-refractivity contribution in [3.8, 4) is 0 Å². The van der Waals surface area contributed by atoms with Gasteiger partial charge in [0.15, 0.2) is 0 Å². The highest BCUT2D eigenvalue weighted by atomic mass is 19.1. The zero-order chi connectivity index (χ0) is 18.3. The van der Waals surface area contributed by atoms with Crippen LogP contribution in [0.5, 0.6) is 0 Å². The second kappa shape index (κ2) is 6.23. The van der Waals surface area contributed by atoms with Crippen molar-refractivity contribution < 1.29 is 14.0 Å². The fourth-order valence-electron chi connectivity index (χ4n) is 3.52. The van der Waals surface area contributed by atoms with Crippen LogP contribution in [0.2, 0.25) is 0 Å². The largest absolute Gasteiger partial charge is 0.300 e. The molecule has 0 unspecified atom stereocenters. The SMILES string of the molecule is Cc1ccc(F)c2c1N(C(c1ccccc1)c1ccccc1)C(=O)C2=O. The van der Waals surface area contributed by atoms with Crippen molar-refractivity contribution in [3.05, 3.63) is 101 Å². The molecule has 0 aromatic heterocycles. The molecular formula is C22H16FNO2. The molecule has 0 spiro atoms. The first-order valence-corrected chi connectivity index (χ1v) is 8.36. The number of carbonyl (C=O) groups excluding carboxylic acids is 2. The molecule has 1 aliphatic heterocycles. The third-order valence-corrected chi connectivity index (χ3v) is 4.70. The molecule has 4 heteroatoms. The molecule has 0 aliphatic carbocycles. The number of nitrogens with zero attached hydrogens (tertiary/aromatic N) is 1. The van der Waals surface area contributed by atoms with Crippen molar-refractivity contribution in [2.45, 2.75) is 13.0 Å². The minimum Gasteiger partial charge on any atom is -0.293 e. The first-order valence-electron chi connectivity index (χ1n) is 8.36. The minimum atomic E-state index is -0.793. The molecule has 0 fully saturated rings. The maximum absolute atomic E-state index is 14.3. The Morgan fingerprint density at radius 1 is 0.808 bits per heavy atom. The summed E-state index contributed by atoms with van der Waals surface area (Å²) in [6.07, 6.45) is 0. The molecule has 0 bridgehead atoms. The number of hydrogen-bond donors (Lipinski definition) is 0. The van der Waals surface area contributed by atoms with E-state index in [0.29, 0.717) is 11.3 Å². The Hall–Kier alpha value is -3.27. The van der Waals surface area contributed by atoms with Crippen molar-refractivity contribution in [3.63, 3.8) is 0 Å². The second-order valence-electron chi connectivity index (χ2n) is 6.32. The van der Waals surface area contributed by atoms with Gasteiger partial charge in [-0.1, -0.05) is 66.7 Å². The summed E-state index contributed by atoms with van der Waals surface area (Å²) in [5.74, 6) is -2.16. The van der Waals surface area contributed by atoms with Crippen LogP contribution in [0, 0.1) is 12.7 Å². The number of fused-ring (bicyclic) bond motifs is 1. The molecular weight excluding hydrogens is 329 g/mol. The summed E-state index contributed by atoms with van der Waals surface area (Å²) in [6.45, 7) is 1.78. The van der Waals surface area contributed by atoms with Gasteiger partial charge in [0.2, 0.25) is 0 Å². The third kappa shape index (κ3) is 2.42. The summed E-state index contributed by atoms with van der Waals surface area (Å²) >= 11 is 0. The normalized spacial score (nSPS) is 13.4. The van der Waals surface area contributed by atoms with E-state index in [4.69, 9.17) is 0 Å². The van der Waals surface area contributed by atoms with E-state index in [1.54, 1.807) is 13.0 Å². The van der Waals surface area contributed by atoms with E-state index < -0.39 is 23.5 Å². The zero-order valence-electron chi connectivity index (χ0n) is 14.1. The van der Waals surface area contributed by atoms with Crippen molar-refractivity contribution in [2.75, 3.05) is 4.90 Å². The van der Waals surface area contributed by atoms with Crippen molar-refractivity contribution in [2.24, 2.45) is 0 Å². The van der Waals surface area contributed by atoms with E-state index >= 15 is 0 Å². The number of amides is 1. The molecule has 0 atom stereocenters. The molecule has 1 amide bonds. The fraction of sp³-hybridized carbons (Fsp3) is 0.0909. The summed E-state index contributed by atoms with van der Waals surface area (Å²) in [4.78, 5) is 26.8. The molecule has 3 aromatic rings. The number of benzene rings is 3. The van der Waals surface area contributed by atoms with Gasteiger partial charge in [-0.3, -0.25) is 14.5 Å². The number of carbonyl (C=O) groups is 2. The molecule has 0 saturated carbocycles. The quantitative estimate of drug-likeness (QED) is 0.658. The lowest BCUT2D eigenvalue weighted by atomic mass is 9.96. The van der Waals surface area contributed by atoms with Crippen LogP contribution in [0.3, 0.4) is 0 Å². The van der Waals surface area contributed by atoms with Crippen LogP contribution in [0.1, 0.15) is 33.1 Å². The van der Waals surface area contributed by atoms with Gasteiger partial charge in [-0.2, -0.15) is 0 Å². The first kappa shape index (κ1) is 16.2. The highest BCUT2D eigenvalue weighted by molar-refractivity contribution is 6.52. The van der Waals surface area contributed by atoms with Crippen molar-refractivity contribution in [1.82, 2.24) is 0 Å². The van der Waals surface area contributed by atoms with E-state index in [1.807, 2.05) is 60.7 Å². The number of hydrogen-bond acceptors (Lipinski definition) is 2. The fourth-order valence-corrected chi connectivity index (χ4v) is 3.52. The van der Waals surface area contributed by atoms with E-state index in [9.17, 15) is 14.0 Å². The maximum atomic E-state index is 14.3. The van der Waals surface area contributed by atoms with Crippen LogP contribution in [0.25, 0.3) is 0 Å². The molecule has 128 valence electrons. The Balaban J connectivity index is 1.98. The molecule has 4 rings (SSSR count). The standard InChI is InChI=1S/C22H16FNO2/c1-14-12-13-17(23)18-19(14)24(22(26)21(18)25)20(15-8-4-2-5-9-15)16-10-6-3-7-11-16/h2-13,20H,1H3. The Morgan fingerprint density at radius 3 is 1.88 bits per heavy atom. The van der Waals surface area contributed by atoms with Gasteiger partial charge in [0, 0.05) is 0 Å². The summed E-state index contributed by atoms with van der Waals surface area (Å²) in [5.41, 5.74) is 2.63. The van der Waals surface area contributed by atoms with Crippen LogP contribution in [0.15, 0.2) is 72.8 Å². The summed E-state index contributed by atoms with van der Waals surface area (Å²) < 4.78 is 14.3. The van der Waals surface area contributed by atoms with Crippen LogP contribution in [-0.2, 0) is 4.79 Å². The summed E-state index contributed by atoms with van der Waals surface area (Å²) in [6, 6.07) is 21.3. The predicted octanol–water partition coefficient (Wildman–Crippen LogP) is 4.45. The third-order valence-electron chi connectivity index (χ3n) is 4.70. The first-order chi connectivity index (χ1) is 12.6. The van der Waals surface area contributed by atoms with Gasteiger partial charge < -0.3 is 0 Å². The monoisotopic (exact) mass is 345 g/mol. The summed E-state index contributed by atoms with van der Waals surface area (Å²) in [5, 5.41) is 0. The minimum absolute atomic E-state index is 0.133. The molecule has 3 aromatic carbocycles. The average Bonchev–Trinajstić information content (AvgIpc) is 2.93. The smallest absolute Gasteiger partial charge is 0.293 e. The van der Waals surface area contributed by atoms with E-state index in [1.165, 1.54) is 11.0 Å². The van der Waals surface area contributed by atoms with Crippen LogP contribution in [0.4, 0.5) is 10.1 Å². The van der Waals surface area contributed by atoms with Crippen LogP contribution < -0.4 is 4.90 Å². The molecule has 0 radical (unpaired) electrons. The Bertz CT molecular complexity index is 960. The highest BCUT2D eigenvalue weighted by Crippen LogP contribution is 2.42. The number of Topliss-reactive ketones (excluding diaryl/α,β-unsaturated/α-hetero) is 1. The topological polar surface area (TPSA) is 37.4 Å². The van der Waals surface area contributed by atoms with E-state index in [-0.39, 0.29) is 5.56 Å². The highest BCUT2D eigenvalue weighted by Gasteiger charge is 2.43. The van der Waals surface area contributed by atoms with E-state index in [2.05, 4.69) is 0 Å². The predicted molar refractivity (Wildman–Crippen MR) is 97.7 cm³/mol. The lowest BCUT2D eigenvalue weighted by Crippen LogP contribution is -2.34. The number of ketones is 1. The van der Waals surface area contributed by atoms with Gasteiger partial charge >= 0.3 is 0 Å². The molecule has 3 nitrogen and oxygen atoms in total. The van der Waals surface area contributed by atoms with Crippen LogP contribution in [-0.4, -0.2) is 11.7 Å². The maximum Gasteiger partial charge on any atom is 0.300 e. The van der Waals surface area contributed by atoms with Crippen molar-refractivity contribution in [1.29, 1.82) is 0 Å². The number of aryl methyl sites for hydroxylation is 1. The lowest BCUT2D eigenvalue weighted by molar-refractivity contribution is -0.114. The average molecular weight is 345 g/mol. The molecule has 1 heterocycles. The van der Waals surface area contributed by atoms with Gasteiger partial charge in [-0.15, -0.1) is 0 Å².